The number of hydrogen-bond acceptors (Lipinski definition) is 7. The second kappa shape index (κ2) is 9.36. The maximum atomic E-state index is 12.4. The Bertz CT molecular complexity index is 957. The molecule has 0 aliphatic rings. The van der Waals surface area contributed by atoms with E-state index in [1.807, 2.05) is 12.1 Å². The Morgan fingerprint density at radius 2 is 2.04 bits per heavy atom. The Hall–Kier alpha value is -2.61. The van der Waals surface area contributed by atoms with E-state index < -0.39 is 15.9 Å². The third kappa shape index (κ3) is 6.56. The third-order valence-corrected chi connectivity index (χ3v) is 5.14. The minimum absolute atomic E-state index is 0.0270. The number of nitrogen functional groups attached to an aromatic ring is 1. The number of nitrogens with two attached hydrogens (primary N) is 1. The van der Waals surface area contributed by atoms with Crippen LogP contribution in [0.4, 0.5) is 11.5 Å². The van der Waals surface area contributed by atoms with Gasteiger partial charge >= 0.3 is 0 Å². The average Bonchev–Trinajstić information content (AvgIpc) is 2.61. The fourth-order valence-electron chi connectivity index (χ4n) is 2.10. The van der Waals surface area contributed by atoms with Gasteiger partial charge in [-0.1, -0.05) is 18.2 Å². The van der Waals surface area contributed by atoms with Crippen molar-refractivity contribution in [1.29, 1.82) is 5.26 Å². The molecule has 1 aromatic carbocycles. The Kier molecular flexibility index (Phi) is 7.18. The number of anilines is 2. The number of nitrogens with one attached hydrogen (secondary N) is 2. The summed E-state index contributed by atoms with van der Waals surface area (Å²) in [6.07, 6.45) is 1.65. The Morgan fingerprint density at radius 1 is 1.33 bits per heavy atom. The van der Waals surface area contributed by atoms with Gasteiger partial charge in [-0.05, 0) is 24.6 Å². The molecule has 142 valence electrons. The van der Waals surface area contributed by atoms with E-state index in [-0.39, 0.29) is 16.9 Å². The second-order valence-electron chi connectivity index (χ2n) is 5.57. The number of aromatic nitrogens is 1. The highest BCUT2D eigenvalue weighted by atomic mass is 32.2. The van der Waals surface area contributed by atoms with Gasteiger partial charge in [0.05, 0.1) is 17.4 Å². The molecule has 0 aliphatic heterocycles. The van der Waals surface area contributed by atoms with Crippen LogP contribution in [-0.4, -0.2) is 37.9 Å². The number of amides is 1. The van der Waals surface area contributed by atoms with Crippen molar-refractivity contribution in [3.63, 3.8) is 0 Å². The van der Waals surface area contributed by atoms with Crippen LogP contribution in [0, 0.1) is 11.3 Å². The van der Waals surface area contributed by atoms with Gasteiger partial charge in [0.2, 0.25) is 10.0 Å². The van der Waals surface area contributed by atoms with E-state index in [0.29, 0.717) is 29.4 Å². The van der Waals surface area contributed by atoms with Crippen LogP contribution >= 0.6 is 11.8 Å². The molecule has 0 fully saturated rings. The van der Waals surface area contributed by atoms with Crippen molar-refractivity contribution in [2.24, 2.45) is 0 Å². The predicted molar refractivity (Wildman–Crippen MR) is 106 cm³/mol. The molecular weight excluding hydrogens is 386 g/mol. The van der Waals surface area contributed by atoms with Crippen molar-refractivity contribution in [2.75, 3.05) is 29.6 Å². The highest BCUT2D eigenvalue weighted by molar-refractivity contribution is 7.99. The van der Waals surface area contributed by atoms with Crippen LogP contribution in [0.5, 0.6) is 0 Å². The number of sulfonamides is 1. The molecule has 4 N–H and O–H groups in total. The topological polar surface area (TPSA) is 138 Å². The summed E-state index contributed by atoms with van der Waals surface area (Å²) in [5, 5.41) is 12.5. The first kappa shape index (κ1) is 20.7. The number of pyridine rings is 1. The molecule has 1 amide bonds. The molecule has 0 saturated carbocycles. The van der Waals surface area contributed by atoms with Gasteiger partial charge in [0.1, 0.15) is 16.9 Å². The lowest BCUT2D eigenvalue weighted by molar-refractivity contribution is 0.102. The number of nitrogens with zero attached hydrogens (tertiary/aromatic N) is 2. The number of para-hydroxylation sites is 1. The summed E-state index contributed by atoms with van der Waals surface area (Å²) in [6, 6.07) is 12.3. The average molecular weight is 406 g/mol. The van der Waals surface area contributed by atoms with Crippen LogP contribution in [0.25, 0.3) is 0 Å². The van der Waals surface area contributed by atoms with E-state index in [4.69, 9.17) is 5.73 Å². The first-order chi connectivity index (χ1) is 12.8. The molecule has 27 heavy (non-hydrogen) atoms. The lowest BCUT2D eigenvalue weighted by Gasteiger charge is -2.10. The van der Waals surface area contributed by atoms with Crippen molar-refractivity contribution in [2.45, 2.75) is 11.4 Å². The maximum Gasteiger partial charge on any atom is 0.259 e. The molecule has 10 heteroatoms. The number of carbonyl (C=O) groups excluding carboxylic acids is 1. The van der Waals surface area contributed by atoms with Gasteiger partial charge in [0, 0.05) is 18.0 Å². The number of rotatable bonds is 8. The summed E-state index contributed by atoms with van der Waals surface area (Å²) in [6.45, 7) is 0.292. The zero-order chi connectivity index (χ0) is 19.9. The first-order valence-corrected chi connectivity index (χ1v) is 10.8. The van der Waals surface area contributed by atoms with Crippen LogP contribution in [0.1, 0.15) is 22.3 Å². The molecule has 0 bridgehead atoms. The van der Waals surface area contributed by atoms with Crippen LogP contribution in [-0.2, 0) is 10.0 Å². The number of hydrogen-bond donors (Lipinski definition) is 3. The van der Waals surface area contributed by atoms with Gasteiger partial charge in [-0.2, -0.15) is 5.26 Å². The lowest BCUT2D eigenvalue weighted by Crippen LogP contribution is -2.23. The largest absolute Gasteiger partial charge is 0.383 e. The highest BCUT2D eigenvalue weighted by Gasteiger charge is 2.16. The molecule has 0 spiro atoms. The Labute approximate surface area is 162 Å². The molecule has 1 heterocycles. The minimum atomic E-state index is -3.22. The molecule has 2 rings (SSSR count). The van der Waals surface area contributed by atoms with Crippen LogP contribution in [0.3, 0.4) is 0 Å². The molecule has 2 aromatic rings. The molecule has 8 nitrogen and oxygen atoms in total. The van der Waals surface area contributed by atoms with Gasteiger partial charge in [0.25, 0.3) is 5.91 Å². The van der Waals surface area contributed by atoms with Crippen LogP contribution < -0.4 is 15.8 Å². The summed E-state index contributed by atoms with van der Waals surface area (Å²) in [7, 11) is -3.22. The van der Waals surface area contributed by atoms with E-state index >= 15 is 0 Å². The number of nitriles is 1. The van der Waals surface area contributed by atoms with Crippen molar-refractivity contribution in [3.05, 3.63) is 47.5 Å². The molecular formula is C17H19N5O3S2. The molecule has 0 atom stereocenters. The van der Waals surface area contributed by atoms with Crippen molar-refractivity contribution < 1.29 is 13.2 Å². The number of benzene rings is 1. The van der Waals surface area contributed by atoms with Crippen LogP contribution in [0.2, 0.25) is 0 Å². The summed E-state index contributed by atoms with van der Waals surface area (Å²) < 4.78 is 24.4. The molecule has 0 radical (unpaired) electrons. The SMILES string of the molecule is CS(=O)(=O)NCCCSc1nc(N)c(C(=O)Nc2ccccc2)cc1C#N. The number of carbonyl (C=O) groups is 1. The quantitative estimate of drug-likeness (QED) is 0.450. The van der Waals surface area contributed by atoms with E-state index in [9.17, 15) is 18.5 Å². The van der Waals surface area contributed by atoms with Crippen molar-refractivity contribution in [1.82, 2.24) is 9.71 Å². The standard InChI is InChI=1S/C17H19N5O3S2/c1-27(24,25)20-8-5-9-26-17-12(11-18)10-14(15(19)22-17)16(23)21-13-6-3-2-4-7-13/h2-4,6-7,10,20H,5,8-9H2,1H3,(H2,19,22)(H,21,23). The van der Waals surface area contributed by atoms with Gasteiger partial charge < -0.3 is 11.1 Å². The van der Waals surface area contributed by atoms with Gasteiger partial charge in [-0.3, -0.25) is 4.79 Å². The third-order valence-electron chi connectivity index (χ3n) is 3.34. The highest BCUT2D eigenvalue weighted by Crippen LogP contribution is 2.25. The first-order valence-electron chi connectivity index (χ1n) is 7.94. The monoisotopic (exact) mass is 405 g/mol. The van der Waals surface area contributed by atoms with E-state index in [1.54, 1.807) is 24.3 Å². The Morgan fingerprint density at radius 3 is 2.67 bits per heavy atom. The van der Waals surface area contributed by atoms with Crippen molar-refractivity contribution in [3.8, 4) is 6.07 Å². The fourth-order valence-corrected chi connectivity index (χ4v) is 3.52. The minimum Gasteiger partial charge on any atom is -0.383 e. The smallest absolute Gasteiger partial charge is 0.259 e. The summed E-state index contributed by atoms with van der Waals surface area (Å²) >= 11 is 1.28. The van der Waals surface area contributed by atoms with Gasteiger partial charge in [-0.25, -0.2) is 18.1 Å². The van der Waals surface area contributed by atoms with Gasteiger partial charge in [0.15, 0.2) is 0 Å². The Balaban J connectivity index is 2.05. The van der Waals surface area contributed by atoms with Crippen molar-refractivity contribution >= 4 is 39.2 Å². The predicted octanol–water partition coefficient (Wildman–Crippen LogP) is 1.82. The maximum absolute atomic E-state index is 12.4. The molecule has 0 saturated heterocycles. The van der Waals surface area contributed by atoms with E-state index in [0.717, 1.165) is 6.26 Å². The summed E-state index contributed by atoms with van der Waals surface area (Å²) in [5.74, 6) is 0.120. The molecule has 1 aromatic heterocycles. The molecule has 0 unspecified atom stereocenters. The van der Waals surface area contributed by atoms with Crippen LogP contribution in [0.15, 0.2) is 41.4 Å². The zero-order valence-electron chi connectivity index (χ0n) is 14.6. The lowest BCUT2D eigenvalue weighted by atomic mass is 10.2. The molecule has 0 aliphatic carbocycles. The summed E-state index contributed by atoms with van der Waals surface area (Å²) in [4.78, 5) is 16.6. The summed E-state index contributed by atoms with van der Waals surface area (Å²) in [5.41, 5.74) is 6.87. The fraction of sp³-hybridized carbons (Fsp3) is 0.235. The van der Waals surface area contributed by atoms with E-state index in [2.05, 4.69) is 15.0 Å². The normalized spacial score (nSPS) is 11.0. The number of thioether (sulfide) groups is 1. The van der Waals surface area contributed by atoms with Gasteiger partial charge in [-0.15, -0.1) is 11.8 Å². The van der Waals surface area contributed by atoms with E-state index in [1.165, 1.54) is 17.8 Å². The zero-order valence-corrected chi connectivity index (χ0v) is 16.2. The second-order valence-corrected chi connectivity index (χ2v) is 8.49.